The fourth-order valence-electron chi connectivity index (χ4n) is 3.13. The van der Waals surface area contributed by atoms with Crippen molar-refractivity contribution in [2.75, 3.05) is 0 Å². The van der Waals surface area contributed by atoms with E-state index in [2.05, 4.69) is 10.6 Å². The number of nitrogens with one attached hydrogen (secondary N) is 2. The highest BCUT2D eigenvalue weighted by atomic mass is 16.3. The van der Waals surface area contributed by atoms with Gasteiger partial charge in [0.05, 0.1) is 5.56 Å². The first kappa shape index (κ1) is 22.5. The van der Waals surface area contributed by atoms with Gasteiger partial charge in [-0.1, -0.05) is 36.4 Å². The van der Waals surface area contributed by atoms with Gasteiger partial charge in [0, 0.05) is 23.4 Å². The first-order valence-electron chi connectivity index (χ1n) is 9.87. The number of hydrogen-bond donors (Lipinski definition) is 3. The Labute approximate surface area is 173 Å². The Balaban J connectivity index is 2.35. The Kier molecular flexibility index (Phi) is 6.73. The van der Waals surface area contributed by atoms with Crippen LogP contribution in [0.2, 0.25) is 0 Å². The van der Waals surface area contributed by atoms with E-state index in [9.17, 15) is 14.7 Å². The number of carbonyl (C=O) groups excluding carboxylic acids is 2. The van der Waals surface area contributed by atoms with Crippen molar-refractivity contribution in [3.05, 3.63) is 65.2 Å². The van der Waals surface area contributed by atoms with Crippen LogP contribution in [0.5, 0.6) is 5.75 Å². The number of phenols is 1. The number of aromatic hydroxyl groups is 1. The summed E-state index contributed by atoms with van der Waals surface area (Å²) >= 11 is 0. The third kappa shape index (κ3) is 6.93. The number of amides is 2. The summed E-state index contributed by atoms with van der Waals surface area (Å²) in [6.45, 7) is 11.5. The molecule has 1 unspecified atom stereocenters. The molecule has 1 atom stereocenters. The van der Waals surface area contributed by atoms with Crippen LogP contribution in [-0.2, 0) is 4.79 Å². The van der Waals surface area contributed by atoms with Crippen molar-refractivity contribution in [3.63, 3.8) is 0 Å². The molecule has 29 heavy (non-hydrogen) atoms. The van der Waals surface area contributed by atoms with Crippen molar-refractivity contribution >= 4 is 11.8 Å². The van der Waals surface area contributed by atoms with Gasteiger partial charge in [0.1, 0.15) is 5.75 Å². The molecule has 0 aliphatic rings. The standard InChI is InChI=1S/C24H32N2O3/c1-23(2,3)25-21(28)15-19(16-10-8-7-9-11-16)17-12-13-18(20(27)14-17)22(29)26-24(4,5)6/h7-14,19,27H,15H2,1-6H3,(H,25,28)(H,26,29). The maximum Gasteiger partial charge on any atom is 0.255 e. The topological polar surface area (TPSA) is 78.4 Å². The van der Waals surface area contributed by atoms with Crippen LogP contribution < -0.4 is 10.6 Å². The van der Waals surface area contributed by atoms with Crippen molar-refractivity contribution in [2.45, 2.75) is 65.0 Å². The average Bonchev–Trinajstić information content (AvgIpc) is 2.57. The highest BCUT2D eigenvalue weighted by Crippen LogP contribution is 2.32. The van der Waals surface area contributed by atoms with Gasteiger partial charge in [0.25, 0.3) is 5.91 Å². The van der Waals surface area contributed by atoms with Crippen LogP contribution in [-0.4, -0.2) is 28.0 Å². The van der Waals surface area contributed by atoms with Crippen molar-refractivity contribution in [2.24, 2.45) is 0 Å². The van der Waals surface area contributed by atoms with Gasteiger partial charge >= 0.3 is 0 Å². The summed E-state index contributed by atoms with van der Waals surface area (Å²) in [6, 6.07) is 14.7. The van der Waals surface area contributed by atoms with Crippen LogP contribution in [0.25, 0.3) is 0 Å². The zero-order valence-corrected chi connectivity index (χ0v) is 18.2. The molecule has 0 heterocycles. The Bertz CT molecular complexity index is 862. The van der Waals surface area contributed by atoms with Crippen molar-refractivity contribution in [1.29, 1.82) is 0 Å². The molecule has 0 saturated carbocycles. The average molecular weight is 397 g/mol. The van der Waals surface area contributed by atoms with E-state index in [1.165, 1.54) is 0 Å². The summed E-state index contributed by atoms with van der Waals surface area (Å²) in [7, 11) is 0. The molecule has 5 heteroatoms. The number of rotatable bonds is 5. The number of benzene rings is 2. The van der Waals surface area contributed by atoms with Gasteiger partial charge in [0.15, 0.2) is 0 Å². The third-order valence-corrected chi connectivity index (χ3v) is 4.26. The van der Waals surface area contributed by atoms with Crippen molar-refractivity contribution in [3.8, 4) is 5.75 Å². The fraction of sp³-hybridized carbons (Fsp3) is 0.417. The second kappa shape index (κ2) is 8.68. The van der Waals surface area contributed by atoms with E-state index >= 15 is 0 Å². The van der Waals surface area contributed by atoms with E-state index in [-0.39, 0.29) is 41.0 Å². The number of carbonyl (C=O) groups is 2. The molecule has 0 spiro atoms. The summed E-state index contributed by atoms with van der Waals surface area (Å²) in [4.78, 5) is 25.0. The van der Waals surface area contributed by atoms with Crippen molar-refractivity contribution < 1.29 is 14.7 Å². The maximum atomic E-state index is 12.6. The lowest BCUT2D eigenvalue weighted by molar-refractivity contribution is -0.122. The molecule has 156 valence electrons. The molecule has 0 bridgehead atoms. The van der Waals surface area contributed by atoms with E-state index in [1.807, 2.05) is 71.9 Å². The molecule has 0 radical (unpaired) electrons. The smallest absolute Gasteiger partial charge is 0.255 e. The van der Waals surface area contributed by atoms with E-state index in [4.69, 9.17) is 0 Å². The predicted molar refractivity (Wildman–Crippen MR) is 116 cm³/mol. The van der Waals surface area contributed by atoms with E-state index in [0.29, 0.717) is 0 Å². The summed E-state index contributed by atoms with van der Waals surface area (Å²) < 4.78 is 0. The molecule has 5 nitrogen and oxygen atoms in total. The summed E-state index contributed by atoms with van der Waals surface area (Å²) in [5, 5.41) is 16.4. The highest BCUT2D eigenvalue weighted by Gasteiger charge is 2.24. The van der Waals surface area contributed by atoms with Crippen LogP contribution in [0, 0.1) is 0 Å². The molecule has 2 aromatic rings. The molecule has 2 aromatic carbocycles. The Morgan fingerprint density at radius 1 is 0.862 bits per heavy atom. The monoisotopic (exact) mass is 396 g/mol. The van der Waals surface area contributed by atoms with Gasteiger partial charge in [-0.2, -0.15) is 0 Å². The minimum Gasteiger partial charge on any atom is -0.507 e. The van der Waals surface area contributed by atoms with Gasteiger partial charge in [-0.25, -0.2) is 0 Å². The second-order valence-corrected chi connectivity index (χ2v) is 9.45. The molecule has 0 aliphatic heterocycles. The molecule has 2 amide bonds. The highest BCUT2D eigenvalue weighted by molar-refractivity contribution is 5.97. The molecule has 2 rings (SSSR count). The van der Waals surface area contributed by atoms with Gasteiger partial charge in [-0.15, -0.1) is 0 Å². The van der Waals surface area contributed by atoms with Gasteiger partial charge < -0.3 is 15.7 Å². The fourth-order valence-corrected chi connectivity index (χ4v) is 3.13. The SMILES string of the molecule is CC(C)(C)NC(=O)CC(c1ccccc1)c1ccc(C(=O)NC(C)(C)C)c(O)c1. The Morgan fingerprint density at radius 2 is 1.45 bits per heavy atom. The lowest BCUT2D eigenvalue weighted by Crippen LogP contribution is -2.41. The van der Waals surface area contributed by atoms with Crippen LogP contribution in [0.4, 0.5) is 0 Å². The van der Waals surface area contributed by atoms with Crippen molar-refractivity contribution in [1.82, 2.24) is 10.6 Å². The minimum atomic E-state index is -0.403. The maximum absolute atomic E-state index is 12.6. The Hall–Kier alpha value is -2.82. The van der Waals surface area contributed by atoms with Crippen LogP contribution in [0.3, 0.4) is 0 Å². The van der Waals surface area contributed by atoms with Crippen LogP contribution in [0.15, 0.2) is 48.5 Å². The molecular weight excluding hydrogens is 364 g/mol. The second-order valence-electron chi connectivity index (χ2n) is 9.45. The lowest BCUT2D eigenvalue weighted by Gasteiger charge is -2.24. The zero-order valence-electron chi connectivity index (χ0n) is 18.2. The van der Waals surface area contributed by atoms with E-state index < -0.39 is 5.54 Å². The molecule has 0 saturated heterocycles. The first-order chi connectivity index (χ1) is 13.4. The summed E-state index contributed by atoms with van der Waals surface area (Å²) in [6.07, 6.45) is 0.244. The van der Waals surface area contributed by atoms with E-state index in [0.717, 1.165) is 11.1 Å². The Morgan fingerprint density at radius 3 is 1.97 bits per heavy atom. The lowest BCUT2D eigenvalue weighted by atomic mass is 9.87. The minimum absolute atomic E-state index is 0.0691. The zero-order chi connectivity index (χ0) is 21.8. The van der Waals surface area contributed by atoms with E-state index in [1.54, 1.807) is 18.2 Å². The molecular formula is C24H32N2O3. The number of hydrogen-bond acceptors (Lipinski definition) is 3. The quantitative estimate of drug-likeness (QED) is 0.703. The molecule has 0 aromatic heterocycles. The third-order valence-electron chi connectivity index (χ3n) is 4.26. The largest absolute Gasteiger partial charge is 0.507 e. The molecule has 0 fully saturated rings. The number of phenolic OH excluding ortho intramolecular Hbond substituents is 1. The van der Waals surface area contributed by atoms with Gasteiger partial charge in [0.2, 0.25) is 5.91 Å². The van der Waals surface area contributed by atoms with Gasteiger partial charge in [-0.3, -0.25) is 9.59 Å². The van der Waals surface area contributed by atoms with Crippen LogP contribution >= 0.6 is 0 Å². The van der Waals surface area contributed by atoms with Crippen LogP contribution in [0.1, 0.15) is 75.4 Å². The summed E-state index contributed by atoms with van der Waals surface area (Å²) in [5.41, 5.74) is 1.25. The summed E-state index contributed by atoms with van der Waals surface area (Å²) in [5.74, 6) is -0.728. The molecule has 3 N–H and O–H groups in total. The predicted octanol–water partition coefficient (Wildman–Crippen LogP) is 4.36. The van der Waals surface area contributed by atoms with Gasteiger partial charge in [-0.05, 0) is 64.8 Å². The molecule has 0 aliphatic carbocycles. The normalized spacial score (nSPS) is 12.9. The first-order valence-corrected chi connectivity index (χ1v) is 9.87.